The lowest BCUT2D eigenvalue weighted by Gasteiger charge is -2.15. The first-order valence-corrected chi connectivity index (χ1v) is 7.04. The van der Waals surface area contributed by atoms with Gasteiger partial charge in [-0.2, -0.15) is 5.10 Å². The summed E-state index contributed by atoms with van der Waals surface area (Å²) in [5.74, 6) is -1.29. The molecule has 0 aromatic carbocycles. The number of nitrogens with zero attached hydrogens (tertiary/aromatic N) is 2. The van der Waals surface area contributed by atoms with E-state index in [0.29, 0.717) is 0 Å². The Bertz CT molecular complexity index is 456. The molecule has 1 rings (SSSR count). The van der Waals surface area contributed by atoms with E-state index in [1.165, 1.54) is 23.9 Å². The SMILES string of the molecule is CCCCCC(C)NC(=O)c1ccnn1C(C)C(=O)O. The second kappa shape index (κ2) is 7.67. The Kier molecular flexibility index (Phi) is 6.21. The van der Waals surface area contributed by atoms with Crippen molar-refractivity contribution in [2.24, 2.45) is 0 Å². The van der Waals surface area contributed by atoms with Crippen molar-refractivity contribution >= 4 is 11.9 Å². The Morgan fingerprint density at radius 1 is 1.40 bits per heavy atom. The summed E-state index contributed by atoms with van der Waals surface area (Å²) in [5, 5.41) is 15.8. The van der Waals surface area contributed by atoms with E-state index in [1.807, 2.05) is 6.92 Å². The van der Waals surface area contributed by atoms with E-state index >= 15 is 0 Å². The van der Waals surface area contributed by atoms with Crippen LogP contribution in [-0.4, -0.2) is 32.8 Å². The molecule has 0 bridgehead atoms. The maximum Gasteiger partial charge on any atom is 0.328 e. The smallest absolute Gasteiger partial charge is 0.328 e. The van der Waals surface area contributed by atoms with E-state index < -0.39 is 12.0 Å². The van der Waals surface area contributed by atoms with Gasteiger partial charge in [-0.1, -0.05) is 26.2 Å². The standard InChI is InChI=1S/C14H23N3O3/c1-4-5-6-7-10(2)16-13(18)12-8-9-15-17(12)11(3)14(19)20/h8-11H,4-7H2,1-3H3,(H,16,18)(H,19,20). The quantitative estimate of drug-likeness (QED) is 0.716. The fraction of sp³-hybridized carbons (Fsp3) is 0.643. The predicted molar refractivity (Wildman–Crippen MR) is 75.6 cm³/mol. The van der Waals surface area contributed by atoms with Crippen LogP contribution in [0, 0.1) is 0 Å². The lowest BCUT2D eigenvalue weighted by molar-refractivity contribution is -0.140. The summed E-state index contributed by atoms with van der Waals surface area (Å²) in [6, 6.07) is 0.742. The molecule has 0 fully saturated rings. The third kappa shape index (κ3) is 4.36. The summed E-state index contributed by atoms with van der Waals surface area (Å²) < 4.78 is 1.23. The van der Waals surface area contributed by atoms with E-state index in [2.05, 4.69) is 17.3 Å². The van der Waals surface area contributed by atoms with E-state index in [0.717, 1.165) is 25.7 Å². The third-order valence-corrected chi connectivity index (χ3v) is 3.25. The van der Waals surface area contributed by atoms with Crippen molar-refractivity contribution < 1.29 is 14.7 Å². The highest BCUT2D eigenvalue weighted by molar-refractivity contribution is 5.93. The molecule has 6 nitrogen and oxygen atoms in total. The summed E-state index contributed by atoms with van der Waals surface area (Å²) >= 11 is 0. The van der Waals surface area contributed by atoms with Gasteiger partial charge in [-0.05, 0) is 26.3 Å². The third-order valence-electron chi connectivity index (χ3n) is 3.25. The van der Waals surface area contributed by atoms with Gasteiger partial charge in [-0.3, -0.25) is 4.79 Å². The Labute approximate surface area is 119 Å². The maximum atomic E-state index is 12.1. The highest BCUT2D eigenvalue weighted by Gasteiger charge is 2.21. The fourth-order valence-electron chi connectivity index (χ4n) is 1.98. The van der Waals surface area contributed by atoms with Crippen LogP contribution in [0.15, 0.2) is 12.3 Å². The van der Waals surface area contributed by atoms with Gasteiger partial charge in [0.2, 0.25) is 0 Å². The number of carboxylic acids is 1. The van der Waals surface area contributed by atoms with Crippen molar-refractivity contribution in [2.45, 2.75) is 58.5 Å². The van der Waals surface area contributed by atoms with Crippen LogP contribution in [0.3, 0.4) is 0 Å². The van der Waals surface area contributed by atoms with Crippen LogP contribution in [0.25, 0.3) is 0 Å². The largest absolute Gasteiger partial charge is 0.480 e. The Morgan fingerprint density at radius 3 is 2.70 bits per heavy atom. The molecule has 2 N–H and O–H groups in total. The number of carbonyl (C=O) groups excluding carboxylic acids is 1. The van der Waals surface area contributed by atoms with Crippen molar-refractivity contribution in [1.82, 2.24) is 15.1 Å². The lowest BCUT2D eigenvalue weighted by atomic mass is 10.1. The molecule has 2 unspecified atom stereocenters. The monoisotopic (exact) mass is 281 g/mol. The molecule has 1 aromatic rings. The van der Waals surface area contributed by atoms with E-state index in [9.17, 15) is 9.59 Å². The van der Waals surface area contributed by atoms with Gasteiger partial charge in [0.25, 0.3) is 5.91 Å². The molecule has 112 valence electrons. The van der Waals surface area contributed by atoms with E-state index in [-0.39, 0.29) is 17.6 Å². The molecule has 2 atom stereocenters. The number of amides is 1. The minimum Gasteiger partial charge on any atom is -0.480 e. The van der Waals surface area contributed by atoms with Crippen LogP contribution in [-0.2, 0) is 4.79 Å². The number of rotatable bonds is 8. The number of nitrogens with one attached hydrogen (secondary N) is 1. The van der Waals surface area contributed by atoms with Gasteiger partial charge in [0, 0.05) is 12.2 Å². The summed E-state index contributed by atoms with van der Waals surface area (Å²) in [7, 11) is 0. The van der Waals surface area contributed by atoms with Crippen molar-refractivity contribution in [1.29, 1.82) is 0 Å². The molecule has 0 aliphatic rings. The first-order chi connectivity index (χ1) is 9.47. The average molecular weight is 281 g/mol. The van der Waals surface area contributed by atoms with Gasteiger partial charge in [-0.25, -0.2) is 9.48 Å². The van der Waals surface area contributed by atoms with Crippen LogP contribution in [0.1, 0.15) is 63.0 Å². The average Bonchev–Trinajstić information content (AvgIpc) is 2.87. The second-order valence-electron chi connectivity index (χ2n) is 5.05. The fourth-order valence-corrected chi connectivity index (χ4v) is 1.98. The van der Waals surface area contributed by atoms with Gasteiger partial charge in [-0.15, -0.1) is 0 Å². The Morgan fingerprint density at radius 2 is 2.10 bits per heavy atom. The van der Waals surface area contributed by atoms with Crippen molar-refractivity contribution in [3.05, 3.63) is 18.0 Å². The zero-order chi connectivity index (χ0) is 15.1. The predicted octanol–water partition coefficient (Wildman–Crippen LogP) is 2.23. The van der Waals surface area contributed by atoms with E-state index in [4.69, 9.17) is 5.11 Å². The highest BCUT2D eigenvalue weighted by atomic mass is 16.4. The molecule has 0 aliphatic carbocycles. The number of aliphatic carboxylic acids is 1. The molecule has 1 amide bonds. The molecule has 20 heavy (non-hydrogen) atoms. The zero-order valence-electron chi connectivity index (χ0n) is 12.3. The molecule has 1 heterocycles. The van der Waals surface area contributed by atoms with Gasteiger partial charge < -0.3 is 10.4 Å². The van der Waals surface area contributed by atoms with Crippen molar-refractivity contribution in [3.8, 4) is 0 Å². The maximum absolute atomic E-state index is 12.1. The molecule has 0 radical (unpaired) electrons. The minimum absolute atomic E-state index is 0.0672. The van der Waals surface area contributed by atoms with Crippen LogP contribution < -0.4 is 5.32 Å². The zero-order valence-corrected chi connectivity index (χ0v) is 12.3. The van der Waals surface area contributed by atoms with Gasteiger partial charge in [0.15, 0.2) is 0 Å². The second-order valence-corrected chi connectivity index (χ2v) is 5.05. The summed E-state index contributed by atoms with van der Waals surface area (Å²) in [4.78, 5) is 23.1. The van der Waals surface area contributed by atoms with Crippen LogP contribution in [0.2, 0.25) is 0 Å². The molecular formula is C14H23N3O3. The van der Waals surface area contributed by atoms with Crippen LogP contribution >= 0.6 is 0 Å². The normalized spacial score (nSPS) is 13.8. The van der Waals surface area contributed by atoms with Crippen LogP contribution in [0.5, 0.6) is 0 Å². The van der Waals surface area contributed by atoms with E-state index in [1.54, 1.807) is 0 Å². The highest BCUT2D eigenvalue weighted by Crippen LogP contribution is 2.10. The molecular weight excluding hydrogens is 258 g/mol. The lowest BCUT2D eigenvalue weighted by Crippen LogP contribution is -2.35. The molecule has 6 heteroatoms. The van der Waals surface area contributed by atoms with Gasteiger partial charge in [0.05, 0.1) is 0 Å². The molecule has 0 saturated heterocycles. The van der Waals surface area contributed by atoms with Gasteiger partial charge >= 0.3 is 5.97 Å². The number of carboxylic acid groups (broad SMARTS) is 1. The minimum atomic E-state index is -1.02. The van der Waals surface area contributed by atoms with Gasteiger partial charge in [0.1, 0.15) is 11.7 Å². The first-order valence-electron chi connectivity index (χ1n) is 7.04. The van der Waals surface area contributed by atoms with Crippen LogP contribution in [0.4, 0.5) is 0 Å². The number of hydrogen-bond donors (Lipinski definition) is 2. The summed E-state index contributed by atoms with van der Waals surface area (Å²) in [6.45, 7) is 5.58. The number of aromatic nitrogens is 2. The topological polar surface area (TPSA) is 84.2 Å². The first kappa shape index (κ1) is 16.2. The Hall–Kier alpha value is -1.85. The number of unbranched alkanes of at least 4 members (excludes halogenated alkanes) is 2. The number of carbonyl (C=O) groups is 2. The summed E-state index contributed by atoms with van der Waals surface area (Å²) in [6.07, 6.45) is 5.72. The molecule has 0 spiro atoms. The molecule has 1 aromatic heterocycles. The van der Waals surface area contributed by atoms with Crippen molar-refractivity contribution in [3.63, 3.8) is 0 Å². The molecule has 0 saturated carbocycles. The summed E-state index contributed by atoms with van der Waals surface area (Å²) in [5.41, 5.74) is 0.280. The van der Waals surface area contributed by atoms with Crippen molar-refractivity contribution in [2.75, 3.05) is 0 Å². The molecule has 0 aliphatic heterocycles. The Balaban J connectivity index is 2.64. The number of hydrogen-bond acceptors (Lipinski definition) is 3.